The van der Waals surface area contributed by atoms with Gasteiger partial charge in [0.15, 0.2) is 0 Å². The second-order valence-electron chi connectivity index (χ2n) is 5.66. The Bertz CT molecular complexity index is 609. The molecule has 0 spiro atoms. The fraction of sp³-hybridized carbons (Fsp3) is 0.471. The maximum Gasteiger partial charge on any atom is 0.131 e. The van der Waals surface area contributed by atoms with E-state index in [0.29, 0.717) is 0 Å². The molecule has 2 aromatic rings. The molecular weight excluding hydrogens is 246 g/mol. The molecule has 0 aliphatic heterocycles. The fourth-order valence-electron chi connectivity index (χ4n) is 2.85. The maximum atomic E-state index is 6.32. The van der Waals surface area contributed by atoms with Gasteiger partial charge < -0.3 is 10.3 Å². The molecule has 106 valence electrons. The lowest BCUT2D eigenvalue weighted by Crippen LogP contribution is -2.05. The van der Waals surface area contributed by atoms with Gasteiger partial charge in [-0.25, -0.2) is 4.98 Å². The zero-order valence-corrected chi connectivity index (χ0v) is 12.4. The van der Waals surface area contributed by atoms with E-state index in [4.69, 9.17) is 10.7 Å². The van der Waals surface area contributed by atoms with Crippen LogP contribution in [0.3, 0.4) is 0 Å². The Labute approximate surface area is 120 Å². The molecule has 0 radical (unpaired) electrons. The van der Waals surface area contributed by atoms with E-state index in [2.05, 4.69) is 42.7 Å². The molecule has 1 saturated carbocycles. The van der Waals surface area contributed by atoms with E-state index in [1.807, 2.05) is 0 Å². The van der Waals surface area contributed by atoms with Crippen LogP contribution >= 0.6 is 0 Å². The lowest BCUT2D eigenvalue weighted by Gasteiger charge is -2.06. The minimum absolute atomic E-state index is 0.763. The third-order valence-corrected chi connectivity index (χ3v) is 4.08. The number of hydrogen-bond acceptors (Lipinski definition) is 2. The van der Waals surface area contributed by atoms with Gasteiger partial charge in [-0.15, -0.1) is 0 Å². The summed E-state index contributed by atoms with van der Waals surface area (Å²) in [6, 6.07) is 8.75. The molecule has 0 bridgehead atoms. The minimum Gasteiger partial charge on any atom is -0.383 e. The van der Waals surface area contributed by atoms with Gasteiger partial charge in [-0.3, -0.25) is 0 Å². The standard InChI is InChI=1S/C17H23N3/c1-3-6-15-19-16(17(18)20(15)4-2)14-8-5-7-13(11-14)12-9-10-12/h5,7-8,11-12H,3-4,6,9-10,18H2,1-2H3. The highest BCUT2D eigenvalue weighted by Gasteiger charge is 2.24. The number of nitrogen functional groups attached to an aromatic ring is 1. The SMILES string of the molecule is CCCc1nc(-c2cccc(C3CC3)c2)c(N)n1CC. The summed E-state index contributed by atoms with van der Waals surface area (Å²) >= 11 is 0. The zero-order valence-electron chi connectivity index (χ0n) is 12.4. The van der Waals surface area contributed by atoms with Crippen LogP contribution < -0.4 is 5.73 Å². The van der Waals surface area contributed by atoms with Crippen LogP contribution in [-0.4, -0.2) is 9.55 Å². The molecule has 20 heavy (non-hydrogen) atoms. The number of rotatable bonds is 5. The van der Waals surface area contributed by atoms with Crippen LogP contribution in [0.4, 0.5) is 5.82 Å². The summed E-state index contributed by atoms with van der Waals surface area (Å²) in [4.78, 5) is 4.80. The number of hydrogen-bond donors (Lipinski definition) is 1. The molecule has 0 saturated heterocycles. The largest absolute Gasteiger partial charge is 0.383 e. The molecule has 1 fully saturated rings. The van der Waals surface area contributed by atoms with Crippen molar-refractivity contribution in [3.05, 3.63) is 35.7 Å². The first-order valence-corrected chi connectivity index (χ1v) is 7.69. The number of aryl methyl sites for hydroxylation is 1. The first-order valence-electron chi connectivity index (χ1n) is 7.69. The number of anilines is 1. The summed E-state index contributed by atoms with van der Waals surface area (Å²) < 4.78 is 2.14. The predicted octanol–water partition coefficient (Wildman–Crippen LogP) is 3.98. The lowest BCUT2D eigenvalue weighted by atomic mass is 10.1. The van der Waals surface area contributed by atoms with E-state index in [1.54, 1.807) is 0 Å². The molecule has 3 rings (SSSR count). The molecule has 3 heteroatoms. The van der Waals surface area contributed by atoms with E-state index >= 15 is 0 Å². The first-order chi connectivity index (χ1) is 9.74. The summed E-state index contributed by atoms with van der Waals surface area (Å²) in [6.45, 7) is 5.19. The van der Waals surface area contributed by atoms with Crippen molar-refractivity contribution in [3.8, 4) is 11.3 Å². The van der Waals surface area contributed by atoms with Gasteiger partial charge >= 0.3 is 0 Å². The highest BCUT2D eigenvalue weighted by Crippen LogP contribution is 2.41. The average molecular weight is 269 g/mol. The van der Waals surface area contributed by atoms with Crippen molar-refractivity contribution >= 4 is 5.82 Å². The second-order valence-corrected chi connectivity index (χ2v) is 5.66. The van der Waals surface area contributed by atoms with Gasteiger partial charge in [0, 0.05) is 18.5 Å². The Morgan fingerprint density at radius 3 is 2.75 bits per heavy atom. The van der Waals surface area contributed by atoms with Crippen molar-refractivity contribution in [2.75, 3.05) is 5.73 Å². The van der Waals surface area contributed by atoms with Crippen LogP contribution in [0.5, 0.6) is 0 Å². The van der Waals surface area contributed by atoms with Crippen LogP contribution in [0.15, 0.2) is 24.3 Å². The third kappa shape index (κ3) is 2.33. The normalized spacial score (nSPS) is 14.7. The lowest BCUT2D eigenvalue weighted by molar-refractivity contribution is 0.690. The summed E-state index contributed by atoms with van der Waals surface area (Å²) in [7, 11) is 0. The van der Waals surface area contributed by atoms with Gasteiger partial charge in [-0.1, -0.05) is 25.1 Å². The fourth-order valence-corrected chi connectivity index (χ4v) is 2.85. The molecule has 1 aliphatic carbocycles. The Morgan fingerprint density at radius 1 is 1.30 bits per heavy atom. The monoisotopic (exact) mass is 269 g/mol. The Hall–Kier alpha value is -1.77. The van der Waals surface area contributed by atoms with E-state index in [-0.39, 0.29) is 0 Å². The number of nitrogens with two attached hydrogens (primary N) is 1. The Balaban J connectivity index is 2.02. The van der Waals surface area contributed by atoms with Crippen molar-refractivity contribution in [1.29, 1.82) is 0 Å². The topological polar surface area (TPSA) is 43.8 Å². The number of imidazole rings is 1. The van der Waals surface area contributed by atoms with Crippen molar-refractivity contribution < 1.29 is 0 Å². The first kappa shape index (κ1) is 13.2. The van der Waals surface area contributed by atoms with Crippen molar-refractivity contribution in [2.45, 2.75) is 52.0 Å². The average Bonchev–Trinajstić information content (AvgIpc) is 3.25. The smallest absolute Gasteiger partial charge is 0.131 e. The molecule has 0 amide bonds. The van der Waals surface area contributed by atoms with E-state index in [0.717, 1.165) is 48.2 Å². The highest BCUT2D eigenvalue weighted by atomic mass is 15.1. The molecule has 1 aromatic heterocycles. The molecule has 0 unspecified atom stereocenters. The van der Waals surface area contributed by atoms with E-state index in [1.165, 1.54) is 18.4 Å². The number of aromatic nitrogens is 2. The molecule has 1 heterocycles. The van der Waals surface area contributed by atoms with Crippen molar-refractivity contribution in [2.24, 2.45) is 0 Å². The minimum atomic E-state index is 0.763. The predicted molar refractivity (Wildman–Crippen MR) is 83.7 cm³/mol. The van der Waals surface area contributed by atoms with Gasteiger partial charge in [0.05, 0.1) is 0 Å². The van der Waals surface area contributed by atoms with Crippen LogP contribution in [0.25, 0.3) is 11.3 Å². The maximum absolute atomic E-state index is 6.32. The molecule has 0 atom stereocenters. The van der Waals surface area contributed by atoms with E-state index in [9.17, 15) is 0 Å². The third-order valence-electron chi connectivity index (χ3n) is 4.08. The van der Waals surface area contributed by atoms with Gasteiger partial charge in [0.2, 0.25) is 0 Å². The second kappa shape index (κ2) is 5.31. The van der Waals surface area contributed by atoms with Gasteiger partial charge in [-0.2, -0.15) is 0 Å². The zero-order chi connectivity index (χ0) is 14.1. The van der Waals surface area contributed by atoms with Crippen LogP contribution in [0.1, 0.15) is 50.4 Å². The van der Waals surface area contributed by atoms with Gasteiger partial charge in [0.1, 0.15) is 17.3 Å². The Morgan fingerprint density at radius 2 is 2.10 bits per heavy atom. The molecule has 1 aromatic carbocycles. The number of benzene rings is 1. The molecular formula is C17H23N3. The molecule has 3 nitrogen and oxygen atoms in total. The molecule has 2 N–H and O–H groups in total. The van der Waals surface area contributed by atoms with E-state index < -0.39 is 0 Å². The summed E-state index contributed by atoms with van der Waals surface area (Å²) in [5.41, 5.74) is 9.87. The van der Waals surface area contributed by atoms with Crippen LogP contribution in [-0.2, 0) is 13.0 Å². The quantitative estimate of drug-likeness (QED) is 0.892. The van der Waals surface area contributed by atoms with Gasteiger partial charge in [-0.05, 0) is 43.7 Å². The van der Waals surface area contributed by atoms with Crippen molar-refractivity contribution in [1.82, 2.24) is 9.55 Å². The van der Waals surface area contributed by atoms with Crippen LogP contribution in [0, 0.1) is 0 Å². The Kier molecular flexibility index (Phi) is 3.51. The number of nitrogens with zero attached hydrogens (tertiary/aromatic N) is 2. The summed E-state index contributed by atoms with van der Waals surface area (Å²) in [5.74, 6) is 2.68. The highest BCUT2D eigenvalue weighted by molar-refractivity contribution is 5.71. The van der Waals surface area contributed by atoms with Gasteiger partial charge in [0.25, 0.3) is 0 Å². The summed E-state index contributed by atoms with van der Waals surface area (Å²) in [5, 5.41) is 0. The molecule has 1 aliphatic rings. The van der Waals surface area contributed by atoms with Crippen molar-refractivity contribution in [3.63, 3.8) is 0 Å². The summed E-state index contributed by atoms with van der Waals surface area (Å²) in [6.07, 6.45) is 4.73. The van der Waals surface area contributed by atoms with Crippen LogP contribution in [0.2, 0.25) is 0 Å².